The van der Waals surface area contributed by atoms with Gasteiger partial charge in [0.1, 0.15) is 6.54 Å². The Labute approximate surface area is 135 Å². The van der Waals surface area contributed by atoms with Crippen LogP contribution in [0.4, 0.5) is 0 Å². The van der Waals surface area contributed by atoms with Crippen LogP contribution < -0.4 is 11.2 Å². The predicted molar refractivity (Wildman–Crippen MR) is 87.4 cm³/mol. The zero-order chi connectivity index (χ0) is 17.6. The number of rotatable bonds is 4. The minimum Gasteiger partial charge on any atom is -0.480 e. The summed E-state index contributed by atoms with van der Waals surface area (Å²) in [6.07, 6.45) is 5.13. The quantitative estimate of drug-likeness (QED) is 0.684. The summed E-state index contributed by atoms with van der Waals surface area (Å²) in [5.41, 5.74) is 0.230. The number of nitrogens with zero attached hydrogens (tertiary/aromatic N) is 5. The van der Waals surface area contributed by atoms with Crippen LogP contribution in [0.1, 0.15) is 12.6 Å². The molecule has 0 atom stereocenters. The molecule has 0 aromatic carbocycles. The van der Waals surface area contributed by atoms with E-state index in [1.165, 1.54) is 16.2 Å². The summed E-state index contributed by atoms with van der Waals surface area (Å²) in [6.45, 7) is 3.44. The van der Waals surface area contributed by atoms with Gasteiger partial charge in [-0.1, -0.05) is 12.2 Å². The van der Waals surface area contributed by atoms with Crippen LogP contribution in [0.2, 0.25) is 0 Å². The smallest absolute Gasteiger partial charge is 0.332 e. The number of aliphatic carboxylic acids is 1. The molecule has 24 heavy (non-hydrogen) atoms. The van der Waals surface area contributed by atoms with Gasteiger partial charge in [-0.3, -0.25) is 23.1 Å². The normalized spacial score (nSPS) is 12.0. The molecule has 0 aliphatic rings. The Morgan fingerprint density at radius 1 is 1.33 bits per heavy atom. The number of fused-ring (bicyclic) bond motifs is 3. The lowest BCUT2D eigenvalue weighted by molar-refractivity contribution is -0.137. The number of hydrogen-bond acceptors (Lipinski definition) is 4. The van der Waals surface area contributed by atoms with Crippen LogP contribution in [0.25, 0.3) is 16.9 Å². The van der Waals surface area contributed by atoms with Crippen LogP contribution in [0.15, 0.2) is 27.9 Å². The first-order valence-corrected chi connectivity index (χ1v) is 7.37. The van der Waals surface area contributed by atoms with Gasteiger partial charge in [-0.05, 0) is 13.8 Å². The van der Waals surface area contributed by atoms with E-state index in [1.807, 2.05) is 0 Å². The van der Waals surface area contributed by atoms with Crippen molar-refractivity contribution in [1.29, 1.82) is 0 Å². The number of carboxylic acid groups (broad SMARTS) is 1. The van der Waals surface area contributed by atoms with Gasteiger partial charge in [-0.25, -0.2) is 4.79 Å². The molecule has 0 amide bonds. The molecule has 0 saturated carbocycles. The van der Waals surface area contributed by atoms with E-state index in [-0.39, 0.29) is 24.3 Å². The van der Waals surface area contributed by atoms with Crippen molar-refractivity contribution >= 4 is 22.9 Å². The van der Waals surface area contributed by atoms with E-state index in [0.717, 1.165) is 4.57 Å². The lowest BCUT2D eigenvalue weighted by Crippen LogP contribution is -2.39. The van der Waals surface area contributed by atoms with Crippen LogP contribution in [-0.4, -0.2) is 34.2 Å². The van der Waals surface area contributed by atoms with Crippen molar-refractivity contribution in [3.63, 3.8) is 0 Å². The first-order valence-electron chi connectivity index (χ1n) is 7.37. The Bertz CT molecular complexity index is 1110. The highest BCUT2D eigenvalue weighted by Crippen LogP contribution is 2.15. The number of imidazole rings is 2. The molecule has 0 fully saturated rings. The first kappa shape index (κ1) is 15.8. The maximum absolute atomic E-state index is 12.8. The Morgan fingerprint density at radius 2 is 2.04 bits per heavy atom. The van der Waals surface area contributed by atoms with Crippen LogP contribution in [0.3, 0.4) is 0 Å². The van der Waals surface area contributed by atoms with Crippen molar-refractivity contribution in [2.45, 2.75) is 26.9 Å². The van der Waals surface area contributed by atoms with Gasteiger partial charge in [0.25, 0.3) is 5.56 Å². The van der Waals surface area contributed by atoms with Gasteiger partial charge in [0.2, 0.25) is 5.78 Å². The fourth-order valence-corrected chi connectivity index (χ4v) is 2.76. The SMILES string of the molecule is C/C=C\Cn1c(=O)c2c(nc3n(CC(=O)O)c(C)cn23)n(C)c1=O. The molecule has 0 aliphatic heterocycles. The summed E-state index contributed by atoms with van der Waals surface area (Å²) in [5, 5.41) is 9.05. The number of allylic oxidation sites excluding steroid dienone is 2. The van der Waals surface area contributed by atoms with E-state index in [2.05, 4.69) is 4.98 Å². The van der Waals surface area contributed by atoms with Crippen molar-refractivity contribution in [2.24, 2.45) is 7.05 Å². The van der Waals surface area contributed by atoms with E-state index >= 15 is 0 Å². The molecule has 0 aliphatic carbocycles. The highest BCUT2D eigenvalue weighted by molar-refractivity contribution is 5.76. The second-order valence-electron chi connectivity index (χ2n) is 5.53. The Kier molecular flexibility index (Phi) is 3.63. The molecule has 9 heteroatoms. The minimum atomic E-state index is -1.01. The molecular weight excluding hydrogens is 314 g/mol. The van der Waals surface area contributed by atoms with Crippen molar-refractivity contribution in [3.05, 3.63) is 44.9 Å². The zero-order valence-electron chi connectivity index (χ0n) is 13.6. The van der Waals surface area contributed by atoms with E-state index in [9.17, 15) is 14.4 Å². The molecule has 0 radical (unpaired) electrons. The average Bonchev–Trinajstić information content (AvgIpc) is 3.02. The van der Waals surface area contributed by atoms with Crippen LogP contribution in [-0.2, 0) is 24.9 Å². The third-order valence-corrected chi connectivity index (χ3v) is 3.96. The maximum Gasteiger partial charge on any atom is 0.332 e. The third kappa shape index (κ3) is 2.16. The lowest BCUT2D eigenvalue weighted by atomic mass is 10.4. The molecule has 3 aromatic rings. The van der Waals surface area contributed by atoms with E-state index in [4.69, 9.17) is 5.11 Å². The molecule has 0 unspecified atom stereocenters. The predicted octanol–water partition coefficient (Wildman–Crippen LogP) is 0.119. The molecule has 9 nitrogen and oxygen atoms in total. The minimum absolute atomic E-state index is 0.167. The highest BCUT2D eigenvalue weighted by atomic mass is 16.4. The monoisotopic (exact) mass is 331 g/mol. The van der Waals surface area contributed by atoms with Crippen LogP contribution in [0, 0.1) is 6.92 Å². The summed E-state index contributed by atoms with van der Waals surface area (Å²) >= 11 is 0. The topological polar surface area (TPSA) is 104 Å². The molecule has 0 bridgehead atoms. The molecule has 126 valence electrons. The summed E-state index contributed by atoms with van der Waals surface area (Å²) in [6, 6.07) is 0. The maximum atomic E-state index is 12.8. The highest BCUT2D eigenvalue weighted by Gasteiger charge is 2.20. The van der Waals surface area contributed by atoms with Gasteiger partial charge >= 0.3 is 11.7 Å². The number of aromatic nitrogens is 5. The van der Waals surface area contributed by atoms with Crippen LogP contribution >= 0.6 is 0 Å². The van der Waals surface area contributed by atoms with Crippen molar-refractivity contribution in [1.82, 2.24) is 23.1 Å². The van der Waals surface area contributed by atoms with Crippen LogP contribution in [0.5, 0.6) is 0 Å². The second-order valence-corrected chi connectivity index (χ2v) is 5.53. The van der Waals surface area contributed by atoms with Gasteiger partial charge in [0.15, 0.2) is 11.2 Å². The largest absolute Gasteiger partial charge is 0.480 e. The molecule has 3 heterocycles. The van der Waals surface area contributed by atoms with Gasteiger partial charge in [0.05, 0.1) is 0 Å². The lowest BCUT2D eigenvalue weighted by Gasteiger charge is -2.05. The van der Waals surface area contributed by atoms with Gasteiger partial charge in [0, 0.05) is 25.5 Å². The van der Waals surface area contributed by atoms with Gasteiger partial charge < -0.3 is 9.67 Å². The third-order valence-electron chi connectivity index (χ3n) is 3.96. The average molecular weight is 331 g/mol. The van der Waals surface area contributed by atoms with Crippen molar-refractivity contribution in [3.8, 4) is 0 Å². The fraction of sp³-hybridized carbons (Fsp3) is 0.333. The number of hydrogen-bond donors (Lipinski definition) is 1. The second kappa shape index (κ2) is 5.52. The molecule has 3 rings (SSSR count). The Hall–Kier alpha value is -3.10. The summed E-state index contributed by atoms with van der Waals surface area (Å²) in [7, 11) is 1.54. The van der Waals surface area contributed by atoms with Gasteiger partial charge in [-0.2, -0.15) is 4.98 Å². The van der Waals surface area contributed by atoms with E-state index in [1.54, 1.807) is 36.6 Å². The molecule has 1 N–H and O–H groups in total. The molecule has 0 saturated heterocycles. The fourth-order valence-electron chi connectivity index (χ4n) is 2.76. The van der Waals surface area contributed by atoms with E-state index < -0.39 is 17.2 Å². The van der Waals surface area contributed by atoms with Crippen molar-refractivity contribution < 1.29 is 9.90 Å². The number of carboxylic acids is 1. The van der Waals surface area contributed by atoms with Gasteiger partial charge in [-0.15, -0.1) is 0 Å². The number of carbonyl (C=O) groups is 1. The summed E-state index contributed by atoms with van der Waals surface area (Å²) in [4.78, 5) is 40.5. The molecular formula is C15H17N5O4. The Morgan fingerprint density at radius 3 is 2.67 bits per heavy atom. The van der Waals surface area contributed by atoms with Crippen molar-refractivity contribution in [2.75, 3.05) is 0 Å². The summed E-state index contributed by atoms with van der Waals surface area (Å²) in [5.74, 6) is -0.691. The standard InChI is InChI=1S/C15H17N5O4/c1-4-5-6-18-13(23)11-12(17(3)15(18)24)16-14-19(8-10(21)22)9(2)7-20(11)14/h4-5,7H,6,8H2,1-3H3,(H,21,22)/b5-4-. The van der Waals surface area contributed by atoms with E-state index in [0.29, 0.717) is 11.5 Å². The first-order chi connectivity index (χ1) is 11.4. The molecule has 0 spiro atoms. The Balaban J connectivity index is 2.43. The summed E-state index contributed by atoms with van der Waals surface area (Å²) < 4.78 is 5.46. The number of aryl methyl sites for hydroxylation is 2. The zero-order valence-corrected chi connectivity index (χ0v) is 13.6. The molecule has 3 aromatic heterocycles.